The third-order valence-electron chi connectivity index (χ3n) is 2.90. The van der Waals surface area contributed by atoms with Crippen molar-refractivity contribution in [3.8, 4) is 0 Å². The van der Waals surface area contributed by atoms with Gasteiger partial charge in [0.25, 0.3) is 0 Å². The molecule has 1 atom stereocenters. The van der Waals surface area contributed by atoms with Crippen LogP contribution in [0.5, 0.6) is 0 Å². The number of rotatable bonds is 8. The molecule has 0 bridgehead atoms. The van der Waals surface area contributed by atoms with E-state index in [-0.39, 0.29) is 16.7 Å². The van der Waals surface area contributed by atoms with Crippen molar-refractivity contribution in [3.05, 3.63) is 15.8 Å². The van der Waals surface area contributed by atoms with Crippen LogP contribution in [-0.2, 0) is 13.5 Å². The molecule has 0 spiro atoms. The van der Waals surface area contributed by atoms with Crippen LogP contribution in [-0.4, -0.2) is 32.8 Å². The first-order valence-corrected chi connectivity index (χ1v) is 7.86. The molecule has 0 aliphatic carbocycles. The third kappa shape index (κ3) is 4.12. The van der Waals surface area contributed by atoms with Gasteiger partial charge in [-0.05, 0) is 31.8 Å². The van der Waals surface area contributed by atoms with Crippen LogP contribution in [0, 0.1) is 10.1 Å². The van der Waals surface area contributed by atoms with Crippen molar-refractivity contribution in [1.82, 2.24) is 9.78 Å². The average molecular weight is 286 g/mol. The Labute approximate surface area is 118 Å². The molecule has 1 rings (SSSR count). The predicted molar refractivity (Wildman–Crippen MR) is 79.9 cm³/mol. The van der Waals surface area contributed by atoms with Crippen molar-refractivity contribution >= 4 is 23.3 Å². The van der Waals surface area contributed by atoms with Crippen LogP contribution in [0.2, 0.25) is 0 Å². The van der Waals surface area contributed by atoms with Gasteiger partial charge in [-0.1, -0.05) is 13.3 Å². The van der Waals surface area contributed by atoms with Gasteiger partial charge in [-0.3, -0.25) is 10.1 Å². The van der Waals surface area contributed by atoms with Crippen molar-refractivity contribution in [2.75, 3.05) is 17.3 Å². The van der Waals surface area contributed by atoms with Crippen LogP contribution in [0.1, 0.15) is 32.4 Å². The SMILES string of the molecule is CCCc1nn(C)c(NC(C)CCSC)c1[N+](=O)[O-]. The number of aromatic nitrogens is 2. The van der Waals surface area contributed by atoms with E-state index in [0.29, 0.717) is 17.9 Å². The molecule has 1 aromatic rings. The Bertz CT molecular complexity index is 434. The number of hydrogen-bond acceptors (Lipinski definition) is 5. The number of nitrogens with zero attached hydrogens (tertiary/aromatic N) is 3. The lowest BCUT2D eigenvalue weighted by Crippen LogP contribution is -2.18. The zero-order valence-electron chi connectivity index (χ0n) is 12.0. The fourth-order valence-electron chi connectivity index (χ4n) is 1.93. The molecule has 19 heavy (non-hydrogen) atoms. The largest absolute Gasteiger partial charge is 0.362 e. The molecular weight excluding hydrogens is 264 g/mol. The number of thioether (sulfide) groups is 1. The molecule has 1 heterocycles. The third-order valence-corrected chi connectivity index (χ3v) is 3.54. The summed E-state index contributed by atoms with van der Waals surface area (Å²) in [6, 6.07) is 0.191. The van der Waals surface area contributed by atoms with Crippen LogP contribution < -0.4 is 5.32 Å². The molecule has 1 aromatic heterocycles. The minimum atomic E-state index is -0.332. The second kappa shape index (κ2) is 7.37. The maximum Gasteiger partial charge on any atom is 0.333 e. The van der Waals surface area contributed by atoms with Gasteiger partial charge in [0.2, 0.25) is 5.82 Å². The lowest BCUT2D eigenvalue weighted by atomic mass is 10.2. The molecule has 0 saturated carbocycles. The normalized spacial score (nSPS) is 12.4. The number of anilines is 1. The van der Waals surface area contributed by atoms with Gasteiger partial charge in [0, 0.05) is 13.1 Å². The zero-order chi connectivity index (χ0) is 14.4. The molecule has 1 N–H and O–H groups in total. The van der Waals surface area contributed by atoms with Crippen molar-refractivity contribution in [2.24, 2.45) is 7.05 Å². The first kappa shape index (κ1) is 15.8. The van der Waals surface area contributed by atoms with E-state index in [1.54, 1.807) is 23.5 Å². The highest BCUT2D eigenvalue weighted by molar-refractivity contribution is 7.98. The number of hydrogen-bond donors (Lipinski definition) is 1. The van der Waals surface area contributed by atoms with Crippen LogP contribution in [0.25, 0.3) is 0 Å². The lowest BCUT2D eigenvalue weighted by Gasteiger charge is -2.13. The molecule has 0 saturated heterocycles. The summed E-state index contributed by atoms with van der Waals surface area (Å²) in [5.74, 6) is 1.55. The van der Waals surface area contributed by atoms with Gasteiger partial charge in [-0.2, -0.15) is 16.9 Å². The Hall–Kier alpha value is -1.24. The van der Waals surface area contributed by atoms with E-state index >= 15 is 0 Å². The second-order valence-corrected chi connectivity index (χ2v) is 5.59. The van der Waals surface area contributed by atoms with E-state index in [1.807, 2.05) is 13.8 Å². The Balaban J connectivity index is 2.95. The average Bonchev–Trinajstić information content (AvgIpc) is 2.64. The topological polar surface area (TPSA) is 73.0 Å². The van der Waals surface area contributed by atoms with Crippen LogP contribution in [0.4, 0.5) is 11.5 Å². The van der Waals surface area contributed by atoms with Crippen LogP contribution >= 0.6 is 11.8 Å². The fourth-order valence-corrected chi connectivity index (χ4v) is 2.52. The zero-order valence-corrected chi connectivity index (χ0v) is 12.8. The Morgan fingerprint density at radius 2 is 2.26 bits per heavy atom. The minimum Gasteiger partial charge on any atom is -0.362 e. The molecule has 0 aromatic carbocycles. The first-order chi connectivity index (χ1) is 9.01. The minimum absolute atomic E-state index is 0.125. The molecule has 0 radical (unpaired) electrons. The van der Waals surface area contributed by atoms with E-state index in [0.717, 1.165) is 18.6 Å². The fraction of sp³-hybridized carbons (Fsp3) is 0.750. The molecule has 0 amide bonds. The summed E-state index contributed by atoms with van der Waals surface area (Å²) in [4.78, 5) is 10.9. The van der Waals surface area contributed by atoms with Crippen LogP contribution in [0.15, 0.2) is 0 Å². The summed E-state index contributed by atoms with van der Waals surface area (Å²) >= 11 is 1.77. The number of aryl methyl sites for hydroxylation is 2. The summed E-state index contributed by atoms with van der Waals surface area (Å²) < 4.78 is 1.58. The van der Waals surface area contributed by atoms with Gasteiger partial charge >= 0.3 is 5.69 Å². The van der Waals surface area contributed by atoms with E-state index < -0.39 is 0 Å². The number of nitro groups is 1. The molecule has 0 aliphatic heterocycles. The second-order valence-electron chi connectivity index (χ2n) is 4.60. The smallest absolute Gasteiger partial charge is 0.333 e. The highest BCUT2D eigenvalue weighted by Gasteiger charge is 2.26. The van der Waals surface area contributed by atoms with Gasteiger partial charge in [-0.25, -0.2) is 4.68 Å². The summed E-state index contributed by atoms with van der Waals surface area (Å²) in [6.45, 7) is 4.03. The summed E-state index contributed by atoms with van der Waals surface area (Å²) in [6.07, 6.45) is 4.50. The highest BCUT2D eigenvalue weighted by Crippen LogP contribution is 2.29. The van der Waals surface area contributed by atoms with Crippen molar-refractivity contribution < 1.29 is 4.92 Å². The van der Waals surface area contributed by atoms with Gasteiger partial charge in [0.05, 0.1) is 4.92 Å². The van der Waals surface area contributed by atoms with Gasteiger partial charge in [0.15, 0.2) is 0 Å². The molecule has 6 nitrogen and oxygen atoms in total. The Morgan fingerprint density at radius 1 is 1.58 bits per heavy atom. The van der Waals surface area contributed by atoms with Gasteiger partial charge < -0.3 is 5.32 Å². The lowest BCUT2D eigenvalue weighted by molar-refractivity contribution is -0.384. The van der Waals surface area contributed by atoms with Gasteiger partial charge in [0.1, 0.15) is 5.69 Å². The van der Waals surface area contributed by atoms with E-state index in [2.05, 4.69) is 16.7 Å². The molecule has 108 valence electrons. The van der Waals surface area contributed by atoms with Gasteiger partial charge in [-0.15, -0.1) is 0 Å². The standard InChI is InChI=1S/C12H22N4O2S/c1-5-6-10-11(16(17)18)12(15(3)14-10)13-9(2)7-8-19-4/h9,13H,5-8H2,1-4H3. The monoisotopic (exact) mass is 286 g/mol. The van der Waals surface area contributed by atoms with E-state index in [4.69, 9.17) is 0 Å². The predicted octanol–water partition coefficient (Wildman–Crippen LogP) is 2.83. The summed E-state index contributed by atoms with van der Waals surface area (Å²) in [5, 5.41) is 18.7. The van der Waals surface area contributed by atoms with E-state index in [1.165, 1.54) is 0 Å². The Kier molecular flexibility index (Phi) is 6.14. The maximum atomic E-state index is 11.2. The maximum absolute atomic E-state index is 11.2. The first-order valence-electron chi connectivity index (χ1n) is 6.47. The molecule has 7 heteroatoms. The van der Waals surface area contributed by atoms with E-state index in [9.17, 15) is 10.1 Å². The summed E-state index contributed by atoms with van der Waals surface area (Å²) in [5.41, 5.74) is 0.690. The van der Waals surface area contributed by atoms with Crippen molar-refractivity contribution in [2.45, 2.75) is 39.2 Å². The highest BCUT2D eigenvalue weighted by atomic mass is 32.2. The molecule has 0 aliphatic rings. The van der Waals surface area contributed by atoms with Crippen LogP contribution in [0.3, 0.4) is 0 Å². The quantitative estimate of drug-likeness (QED) is 0.587. The van der Waals surface area contributed by atoms with Crippen molar-refractivity contribution in [1.29, 1.82) is 0 Å². The molecular formula is C12H22N4O2S. The molecule has 1 unspecified atom stereocenters. The summed E-state index contributed by atoms with van der Waals surface area (Å²) in [7, 11) is 1.75. The number of nitrogens with one attached hydrogen (secondary N) is 1. The Morgan fingerprint density at radius 3 is 2.79 bits per heavy atom. The molecule has 0 fully saturated rings. The van der Waals surface area contributed by atoms with Crippen molar-refractivity contribution in [3.63, 3.8) is 0 Å².